The molecule has 6 nitrogen and oxygen atoms in total. The fraction of sp³-hybridized carbons (Fsp3) is 0.233. The first-order valence-corrected chi connectivity index (χ1v) is 13.1. The molecule has 0 N–H and O–H groups in total. The molecule has 1 aromatic heterocycles. The number of ether oxygens (including phenoxy) is 4. The van der Waals surface area contributed by atoms with Crippen molar-refractivity contribution in [2.75, 3.05) is 34.0 Å². The van der Waals surface area contributed by atoms with E-state index in [1.54, 1.807) is 14.2 Å². The zero-order chi connectivity index (χ0) is 25.4. The average Bonchev–Trinajstić information content (AvgIpc) is 3.46. The predicted octanol–water partition coefficient (Wildman–Crippen LogP) is 5.99. The van der Waals surface area contributed by atoms with Crippen LogP contribution in [0.4, 0.5) is 0 Å². The molecule has 4 aromatic rings. The summed E-state index contributed by atoms with van der Waals surface area (Å²) in [4.78, 5) is 17.7. The molecule has 188 valence electrons. The average molecular weight is 514 g/mol. The van der Waals surface area contributed by atoms with Gasteiger partial charge in [0.2, 0.25) is 0 Å². The first-order valence-electron chi connectivity index (χ1n) is 12.3. The van der Waals surface area contributed by atoms with Crippen LogP contribution in [0.1, 0.15) is 32.4 Å². The Balaban J connectivity index is 1.36. The number of carbonyl (C=O) groups excluding carboxylic acids is 1. The standard InChI is InChI=1S/C30H27NO5S/c1-33-24-16-20-12-13-31(29(19-6-4-3-5-7-19)22(20)18-25(24)34-2)30(32)28-11-10-27(37-28)21-8-9-23-26(17-21)36-15-14-35-23/h3-11,16-18,29H,12-15H2,1-2H3/t29-/m0/s1. The number of carbonyl (C=O) groups is 1. The molecule has 0 saturated carbocycles. The number of methoxy groups -OCH3 is 2. The fourth-order valence-corrected chi connectivity index (χ4v) is 6.06. The highest BCUT2D eigenvalue weighted by atomic mass is 32.1. The molecule has 0 radical (unpaired) electrons. The second-order valence-electron chi connectivity index (χ2n) is 8.99. The van der Waals surface area contributed by atoms with Crippen LogP contribution in [-0.4, -0.2) is 44.8 Å². The summed E-state index contributed by atoms with van der Waals surface area (Å²) in [6.45, 7) is 1.71. The van der Waals surface area contributed by atoms with Crippen molar-refractivity contribution in [2.45, 2.75) is 12.5 Å². The van der Waals surface area contributed by atoms with Gasteiger partial charge in [0.25, 0.3) is 5.91 Å². The Bertz CT molecular complexity index is 1450. The van der Waals surface area contributed by atoms with Crippen LogP contribution in [0.5, 0.6) is 23.0 Å². The SMILES string of the molecule is COc1cc2c(cc1OC)[C@H](c1ccccc1)N(C(=O)c1ccc(-c3ccc4c(c3)OCCO4)s1)CC2. The van der Waals surface area contributed by atoms with Crippen LogP contribution in [-0.2, 0) is 6.42 Å². The molecular weight excluding hydrogens is 486 g/mol. The molecule has 1 atom stereocenters. The smallest absolute Gasteiger partial charge is 0.264 e. The molecular formula is C30H27NO5S. The quantitative estimate of drug-likeness (QED) is 0.328. The zero-order valence-electron chi connectivity index (χ0n) is 20.7. The highest BCUT2D eigenvalue weighted by Crippen LogP contribution is 2.43. The summed E-state index contributed by atoms with van der Waals surface area (Å²) in [5.41, 5.74) is 4.30. The van der Waals surface area contributed by atoms with E-state index in [2.05, 4.69) is 12.1 Å². The van der Waals surface area contributed by atoms with Gasteiger partial charge < -0.3 is 23.8 Å². The minimum Gasteiger partial charge on any atom is -0.493 e. The number of benzene rings is 3. The monoisotopic (exact) mass is 513 g/mol. The van der Waals surface area contributed by atoms with Crippen molar-refractivity contribution in [3.63, 3.8) is 0 Å². The molecule has 3 heterocycles. The topological polar surface area (TPSA) is 57.2 Å². The lowest BCUT2D eigenvalue weighted by atomic mass is 9.87. The van der Waals surface area contributed by atoms with Gasteiger partial charge >= 0.3 is 0 Å². The number of fused-ring (bicyclic) bond motifs is 2. The number of nitrogens with zero attached hydrogens (tertiary/aromatic N) is 1. The van der Waals surface area contributed by atoms with E-state index in [-0.39, 0.29) is 11.9 Å². The van der Waals surface area contributed by atoms with Crippen molar-refractivity contribution >= 4 is 17.2 Å². The Morgan fingerprint density at radius 2 is 1.65 bits per heavy atom. The highest BCUT2D eigenvalue weighted by Gasteiger charge is 2.34. The largest absolute Gasteiger partial charge is 0.493 e. The van der Waals surface area contributed by atoms with Gasteiger partial charge in [-0.25, -0.2) is 0 Å². The van der Waals surface area contributed by atoms with Gasteiger partial charge in [-0.15, -0.1) is 11.3 Å². The number of rotatable bonds is 5. The Morgan fingerprint density at radius 1 is 0.892 bits per heavy atom. The van der Waals surface area contributed by atoms with E-state index in [1.165, 1.54) is 16.9 Å². The molecule has 0 fully saturated rings. The normalized spacial score (nSPS) is 16.2. The molecule has 2 aliphatic heterocycles. The maximum atomic E-state index is 14.0. The van der Waals surface area contributed by atoms with Crippen molar-refractivity contribution < 1.29 is 23.7 Å². The van der Waals surface area contributed by atoms with Gasteiger partial charge in [0.15, 0.2) is 23.0 Å². The number of thiophene rings is 1. The molecule has 37 heavy (non-hydrogen) atoms. The summed E-state index contributed by atoms with van der Waals surface area (Å²) in [5.74, 6) is 2.88. The zero-order valence-corrected chi connectivity index (χ0v) is 21.5. The third-order valence-electron chi connectivity index (χ3n) is 6.89. The Kier molecular flexibility index (Phi) is 6.22. The van der Waals surface area contributed by atoms with Crippen LogP contribution in [0.15, 0.2) is 72.8 Å². The molecule has 0 saturated heterocycles. The van der Waals surface area contributed by atoms with Crippen molar-refractivity contribution in [1.29, 1.82) is 0 Å². The Morgan fingerprint density at radius 3 is 2.43 bits per heavy atom. The van der Waals surface area contributed by atoms with Gasteiger partial charge in [0, 0.05) is 11.4 Å². The van der Waals surface area contributed by atoms with Crippen LogP contribution in [0.2, 0.25) is 0 Å². The molecule has 1 amide bonds. The molecule has 0 spiro atoms. The second kappa shape index (κ2) is 9.82. The van der Waals surface area contributed by atoms with E-state index in [0.717, 1.165) is 39.5 Å². The van der Waals surface area contributed by atoms with Crippen LogP contribution < -0.4 is 18.9 Å². The summed E-state index contributed by atoms with van der Waals surface area (Å²) >= 11 is 1.50. The van der Waals surface area contributed by atoms with Crippen molar-refractivity contribution in [3.05, 3.63) is 94.4 Å². The maximum Gasteiger partial charge on any atom is 0.264 e. The summed E-state index contributed by atoms with van der Waals surface area (Å²) < 4.78 is 22.6. The Hall–Kier alpha value is -3.97. The van der Waals surface area contributed by atoms with Crippen molar-refractivity contribution in [1.82, 2.24) is 4.90 Å². The first kappa shape index (κ1) is 23.4. The minimum absolute atomic E-state index is 0.0167. The van der Waals surface area contributed by atoms with E-state index in [4.69, 9.17) is 18.9 Å². The molecule has 3 aromatic carbocycles. The van der Waals surface area contributed by atoms with Crippen molar-refractivity contribution in [3.8, 4) is 33.4 Å². The van der Waals surface area contributed by atoms with Gasteiger partial charge in [-0.2, -0.15) is 0 Å². The van der Waals surface area contributed by atoms with Gasteiger partial charge in [0.1, 0.15) is 13.2 Å². The summed E-state index contributed by atoms with van der Waals surface area (Å²) in [6, 6.07) is 23.8. The lowest BCUT2D eigenvalue weighted by Crippen LogP contribution is -2.40. The maximum absolute atomic E-state index is 14.0. The highest BCUT2D eigenvalue weighted by molar-refractivity contribution is 7.17. The van der Waals surface area contributed by atoms with Crippen molar-refractivity contribution in [2.24, 2.45) is 0 Å². The third-order valence-corrected chi connectivity index (χ3v) is 8.02. The summed E-state index contributed by atoms with van der Waals surface area (Å²) in [6.07, 6.45) is 0.741. The summed E-state index contributed by atoms with van der Waals surface area (Å²) in [7, 11) is 3.28. The molecule has 0 aliphatic carbocycles. The second-order valence-corrected chi connectivity index (χ2v) is 10.1. The molecule has 0 unspecified atom stereocenters. The van der Waals surface area contributed by atoms with E-state index >= 15 is 0 Å². The fourth-order valence-electron chi connectivity index (χ4n) is 5.11. The van der Waals surface area contributed by atoms with Gasteiger partial charge in [0.05, 0.1) is 25.1 Å². The van der Waals surface area contributed by atoms with Gasteiger partial charge in [-0.1, -0.05) is 30.3 Å². The molecule has 2 aliphatic rings. The number of hydrogen-bond acceptors (Lipinski definition) is 6. The van der Waals surface area contributed by atoms with Crippen LogP contribution >= 0.6 is 11.3 Å². The Labute approximate surface area is 220 Å². The number of amides is 1. The lowest BCUT2D eigenvalue weighted by molar-refractivity contribution is 0.0699. The van der Waals surface area contributed by atoms with E-state index in [1.807, 2.05) is 65.6 Å². The van der Waals surface area contributed by atoms with Crippen LogP contribution in [0, 0.1) is 0 Å². The van der Waals surface area contributed by atoms with E-state index in [0.29, 0.717) is 36.1 Å². The minimum atomic E-state index is -0.225. The molecule has 7 heteroatoms. The van der Waals surface area contributed by atoms with Gasteiger partial charge in [-0.3, -0.25) is 4.79 Å². The molecule has 6 rings (SSSR count). The molecule has 0 bridgehead atoms. The first-order chi connectivity index (χ1) is 18.2. The number of hydrogen-bond donors (Lipinski definition) is 0. The third kappa shape index (κ3) is 4.29. The summed E-state index contributed by atoms with van der Waals surface area (Å²) in [5, 5.41) is 0. The van der Waals surface area contributed by atoms with E-state index in [9.17, 15) is 4.79 Å². The van der Waals surface area contributed by atoms with Crippen LogP contribution in [0.25, 0.3) is 10.4 Å². The van der Waals surface area contributed by atoms with Crippen LogP contribution in [0.3, 0.4) is 0 Å². The predicted molar refractivity (Wildman–Crippen MR) is 143 cm³/mol. The van der Waals surface area contributed by atoms with Gasteiger partial charge in [-0.05, 0) is 71.1 Å². The lowest BCUT2D eigenvalue weighted by Gasteiger charge is -2.38. The van der Waals surface area contributed by atoms with E-state index < -0.39 is 0 Å².